The number of amides is 1. The van der Waals surface area contributed by atoms with E-state index in [1.54, 1.807) is 6.92 Å². The number of nitrogens with two attached hydrogens (primary N) is 1. The predicted molar refractivity (Wildman–Crippen MR) is 76.5 cm³/mol. The Morgan fingerprint density at radius 3 is 2.47 bits per heavy atom. The Bertz CT molecular complexity index is 402. The van der Waals surface area contributed by atoms with Crippen LogP contribution in [0.1, 0.15) is 32.8 Å². The summed E-state index contributed by atoms with van der Waals surface area (Å²) < 4.78 is 0. The van der Waals surface area contributed by atoms with E-state index in [1.165, 1.54) is 0 Å². The number of aliphatic hydroxyl groups excluding tert-OH is 1. The van der Waals surface area contributed by atoms with Crippen molar-refractivity contribution in [1.29, 1.82) is 0 Å². The van der Waals surface area contributed by atoms with E-state index in [0.29, 0.717) is 12.3 Å². The summed E-state index contributed by atoms with van der Waals surface area (Å²) in [5.74, 6) is 0.117. The maximum Gasteiger partial charge on any atom is 0.244 e. The largest absolute Gasteiger partial charge is 0.391 e. The molecule has 0 aliphatic heterocycles. The van der Waals surface area contributed by atoms with Gasteiger partial charge in [-0.2, -0.15) is 0 Å². The Balaban J connectivity index is 2.58. The van der Waals surface area contributed by atoms with Gasteiger partial charge in [-0.05, 0) is 24.8 Å². The highest BCUT2D eigenvalue weighted by Gasteiger charge is 2.30. The number of carbonyl (C=O) groups is 1. The molecule has 2 unspecified atom stereocenters. The lowest BCUT2D eigenvalue weighted by atomic mass is 9.92. The van der Waals surface area contributed by atoms with Gasteiger partial charge < -0.3 is 16.2 Å². The Kier molecular flexibility index (Phi) is 5.51. The molecule has 0 saturated carbocycles. The molecule has 1 rings (SSSR count). The Morgan fingerprint density at radius 1 is 1.37 bits per heavy atom. The van der Waals surface area contributed by atoms with Crippen molar-refractivity contribution in [3.8, 4) is 0 Å². The van der Waals surface area contributed by atoms with Crippen LogP contribution in [0.3, 0.4) is 0 Å². The molecule has 0 heterocycles. The Labute approximate surface area is 115 Å². The molecule has 1 amide bonds. The van der Waals surface area contributed by atoms with Gasteiger partial charge in [-0.3, -0.25) is 4.79 Å². The van der Waals surface area contributed by atoms with E-state index in [0.717, 1.165) is 5.56 Å². The number of aliphatic hydroxyl groups is 1. The van der Waals surface area contributed by atoms with Gasteiger partial charge in [-0.1, -0.05) is 44.2 Å². The third-order valence-electron chi connectivity index (χ3n) is 3.09. The third-order valence-corrected chi connectivity index (χ3v) is 3.09. The number of rotatable bonds is 6. The van der Waals surface area contributed by atoms with E-state index >= 15 is 0 Å². The molecular weight excluding hydrogens is 240 g/mol. The van der Waals surface area contributed by atoms with Crippen LogP contribution in [0.5, 0.6) is 0 Å². The van der Waals surface area contributed by atoms with Crippen molar-refractivity contribution in [2.75, 3.05) is 6.54 Å². The predicted octanol–water partition coefficient (Wildman–Crippen LogP) is 1.38. The molecule has 4 nitrogen and oxygen atoms in total. The second-order valence-electron chi connectivity index (χ2n) is 5.56. The van der Waals surface area contributed by atoms with Gasteiger partial charge in [0.25, 0.3) is 0 Å². The summed E-state index contributed by atoms with van der Waals surface area (Å²) in [4.78, 5) is 12.1. The molecule has 0 aliphatic carbocycles. The average Bonchev–Trinajstić information content (AvgIpc) is 2.36. The lowest BCUT2D eigenvalue weighted by Crippen LogP contribution is -2.50. The van der Waals surface area contributed by atoms with Crippen LogP contribution >= 0.6 is 0 Å². The van der Waals surface area contributed by atoms with E-state index in [4.69, 9.17) is 5.73 Å². The SMILES string of the molecule is CC(C)CC(O)CNC(=O)C(C)(N)c1ccccc1. The van der Waals surface area contributed by atoms with Crippen LogP contribution in [-0.2, 0) is 10.3 Å². The number of hydrogen-bond acceptors (Lipinski definition) is 3. The van der Waals surface area contributed by atoms with Crippen LogP contribution in [0.25, 0.3) is 0 Å². The number of hydrogen-bond donors (Lipinski definition) is 3. The molecule has 4 N–H and O–H groups in total. The van der Waals surface area contributed by atoms with Crippen LogP contribution in [0.15, 0.2) is 30.3 Å². The third kappa shape index (κ3) is 4.65. The fourth-order valence-corrected chi connectivity index (χ4v) is 1.94. The van der Waals surface area contributed by atoms with Crippen molar-refractivity contribution in [1.82, 2.24) is 5.32 Å². The summed E-state index contributed by atoms with van der Waals surface area (Å²) in [6.07, 6.45) is 0.128. The fraction of sp³-hybridized carbons (Fsp3) is 0.533. The van der Waals surface area contributed by atoms with Crippen molar-refractivity contribution in [3.63, 3.8) is 0 Å². The minimum Gasteiger partial charge on any atom is -0.391 e. The summed E-state index contributed by atoms with van der Waals surface area (Å²) >= 11 is 0. The molecule has 106 valence electrons. The van der Waals surface area contributed by atoms with Crippen molar-refractivity contribution in [3.05, 3.63) is 35.9 Å². The second-order valence-corrected chi connectivity index (χ2v) is 5.56. The molecule has 1 aromatic carbocycles. The lowest BCUT2D eigenvalue weighted by Gasteiger charge is -2.25. The number of benzene rings is 1. The quantitative estimate of drug-likeness (QED) is 0.726. The Morgan fingerprint density at radius 2 is 1.95 bits per heavy atom. The molecule has 0 bridgehead atoms. The standard InChI is InChI=1S/C15H24N2O2/c1-11(2)9-13(18)10-17-14(19)15(3,16)12-7-5-4-6-8-12/h4-8,11,13,18H,9-10,16H2,1-3H3,(H,17,19). The summed E-state index contributed by atoms with van der Waals surface area (Å²) in [7, 11) is 0. The monoisotopic (exact) mass is 264 g/mol. The highest BCUT2D eigenvalue weighted by molar-refractivity contribution is 5.86. The zero-order valence-electron chi connectivity index (χ0n) is 11.9. The highest BCUT2D eigenvalue weighted by atomic mass is 16.3. The summed E-state index contributed by atoms with van der Waals surface area (Å²) in [6.45, 7) is 5.97. The normalized spacial score (nSPS) is 15.9. The number of nitrogens with one attached hydrogen (secondary N) is 1. The molecule has 19 heavy (non-hydrogen) atoms. The maximum atomic E-state index is 12.1. The smallest absolute Gasteiger partial charge is 0.244 e. The molecule has 0 fully saturated rings. The first-order chi connectivity index (χ1) is 8.84. The van der Waals surface area contributed by atoms with Gasteiger partial charge in [0.05, 0.1) is 6.10 Å². The molecule has 0 spiro atoms. The molecule has 0 saturated heterocycles. The van der Waals surface area contributed by atoms with Crippen LogP contribution in [0.4, 0.5) is 0 Å². The van der Waals surface area contributed by atoms with Crippen molar-refractivity contribution >= 4 is 5.91 Å². The van der Waals surface area contributed by atoms with Gasteiger partial charge in [0.15, 0.2) is 0 Å². The zero-order chi connectivity index (χ0) is 14.5. The van der Waals surface area contributed by atoms with Crippen LogP contribution in [0, 0.1) is 5.92 Å². The van der Waals surface area contributed by atoms with Gasteiger partial charge in [-0.15, -0.1) is 0 Å². The summed E-state index contributed by atoms with van der Waals surface area (Å²) in [6, 6.07) is 9.22. The van der Waals surface area contributed by atoms with E-state index in [1.807, 2.05) is 44.2 Å². The van der Waals surface area contributed by atoms with Gasteiger partial charge in [0.2, 0.25) is 5.91 Å². The summed E-state index contributed by atoms with van der Waals surface area (Å²) in [5.41, 5.74) is 5.75. The van der Waals surface area contributed by atoms with E-state index in [-0.39, 0.29) is 12.5 Å². The fourth-order valence-electron chi connectivity index (χ4n) is 1.94. The van der Waals surface area contributed by atoms with Crippen molar-refractivity contribution in [2.24, 2.45) is 11.7 Å². The molecule has 4 heteroatoms. The minimum absolute atomic E-state index is 0.233. The van der Waals surface area contributed by atoms with Crippen molar-refractivity contribution < 1.29 is 9.90 Å². The zero-order valence-corrected chi connectivity index (χ0v) is 11.9. The Hall–Kier alpha value is -1.39. The van der Waals surface area contributed by atoms with E-state index < -0.39 is 11.6 Å². The number of carbonyl (C=O) groups excluding carboxylic acids is 1. The second kappa shape index (κ2) is 6.68. The molecule has 0 aromatic heterocycles. The molecule has 0 aliphatic rings. The lowest BCUT2D eigenvalue weighted by molar-refractivity contribution is -0.126. The first-order valence-electron chi connectivity index (χ1n) is 6.64. The van der Waals surface area contributed by atoms with Crippen molar-refractivity contribution in [2.45, 2.75) is 38.8 Å². The maximum absolute atomic E-state index is 12.1. The highest BCUT2D eigenvalue weighted by Crippen LogP contribution is 2.17. The van der Waals surface area contributed by atoms with Gasteiger partial charge in [0.1, 0.15) is 5.54 Å². The van der Waals surface area contributed by atoms with Crippen LogP contribution < -0.4 is 11.1 Å². The molecule has 2 atom stereocenters. The van der Waals surface area contributed by atoms with Crippen LogP contribution in [-0.4, -0.2) is 23.7 Å². The van der Waals surface area contributed by atoms with Gasteiger partial charge in [-0.25, -0.2) is 0 Å². The molecule has 1 aromatic rings. The van der Waals surface area contributed by atoms with Gasteiger partial charge in [0, 0.05) is 6.54 Å². The molecule has 0 radical (unpaired) electrons. The molecular formula is C15H24N2O2. The summed E-state index contributed by atoms with van der Waals surface area (Å²) in [5, 5.41) is 12.5. The van der Waals surface area contributed by atoms with Gasteiger partial charge >= 0.3 is 0 Å². The minimum atomic E-state index is -1.08. The van der Waals surface area contributed by atoms with E-state index in [2.05, 4.69) is 5.32 Å². The first-order valence-corrected chi connectivity index (χ1v) is 6.64. The van der Waals surface area contributed by atoms with Crippen LogP contribution in [0.2, 0.25) is 0 Å². The topological polar surface area (TPSA) is 75.3 Å². The first kappa shape index (κ1) is 15.7. The average molecular weight is 264 g/mol. The van der Waals surface area contributed by atoms with E-state index in [9.17, 15) is 9.90 Å².